The van der Waals surface area contributed by atoms with Gasteiger partial charge in [-0.25, -0.2) is 9.68 Å². The summed E-state index contributed by atoms with van der Waals surface area (Å²) in [5.74, 6) is -1.01. The van der Waals surface area contributed by atoms with Crippen molar-refractivity contribution in [1.29, 1.82) is 0 Å². The summed E-state index contributed by atoms with van der Waals surface area (Å²) in [5.41, 5.74) is 2.60. The van der Waals surface area contributed by atoms with Crippen molar-refractivity contribution in [1.82, 2.24) is 0 Å². The molecule has 2 rings (SSSR count). The molecule has 98 valence electrons. The van der Waals surface area contributed by atoms with Gasteiger partial charge in [0.1, 0.15) is 6.10 Å². The monoisotopic (exact) mass is 258 g/mol. The summed E-state index contributed by atoms with van der Waals surface area (Å²) in [6.07, 6.45) is -0.695. The van der Waals surface area contributed by atoms with E-state index in [1.54, 1.807) is 12.1 Å². The predicted octanol–water partition coefficient (Wildman–Crippen LogP) is 3.27. The van der Waals surface area contributed by atoms with E-state index in [1.165, 1.54) is 12.1 Å². The molecule has 0 saturated heterocycles. The lowest BCUT2D eigenvalue weighted by atomic mass is 9.99. The third-order valence-corrected chi connectivity index (χ3v) is 2.92. The van der Waals surface area contributed by atoms with E-state index in [9.17, 15) is 4.79 Å². The topological polar surface area (TPSA) is 66.8 Å². The zero-order chi connectivity index (χ0) is 13.8. The van der Waals surface area contributed by atoms with Crippen LogP contribution in [0.3, 0.4) is 0 Å². The summed E-state index contributed by atoms with van der Waals surface area (Å²) >= 11 is 0. The molecule has 0 amide bonds. The van der Waals surface area contributed by atoms with Gasteiger partial charge in [0, 0.05) is 0 Å². The molecule has 4 nitrogen and oxygen atoms in total. The molecular formula is C15H14O4. The highest BCUT2D eigenvalue weighted by Gasteiger charge is 2.16. The van der Waals surface area contributed by atoms with Crippen LogP contribution in [0.5, 0.6) is 0 Å². The molecule has 19 heavy (non-hydrogen) atoms. The molecule has 0 saturated carbocycles. The van der Waals surface area contributed by atoms with E-state index in [1.807, 2.05) is 31.2 Å². The Kier molecular flexibility index (Phi) is 3.94. The van der Waals surface area contributed by atoms with Gasteiger partial charge in [-0.1, -0.05) is 42.0 Å². The molecule has 0 aliphatic rings. The van der Waals surface area contributed by atoms with E-state index in [0.29, 0.717) is 5.56 Å². The second-order valence-electron chi connectivity index (χ2n) is 4.33. The lowest BCUT2D eigenvalue weighted by Gasteiger charge is -2.15. The van der Waals surface area contributed by atoms with Crippen LogP contribution in [0.4, 0.5) is 0 Å². The number of hydrogen-bond donors (Lipinski definition) is 2. The van der Waals surface area contributed by atoms with Gasteiger partial charge in [-0.05, 0) is 30.2 Å². The molecule has 0 spiro atoms. The van der Waals surface area contributed by atoms with Gasteiger partial charge in [0.15, 0.2) is 0 Å². The second-order valence-corrected chi connectivity index (χ2v) is 4.33. The van der Waals surface area contributed by atoms with Gasteiger partial charge in [-0.2, -0.15) is 0 Å². The zero-order valence-electron chi connectivity index (χ0n) is 10.4. The standard InChI is InChI=1S/C15H14O4/c1-10-5-7-11(8-6-10)14(19-18)12-3-2-4-13(9-12)15(16)17/h2-9,14,18H,1H3,(H,16,17). The van der Waals surface area contributed by atoms with Gasteiger partial charge in [-0.15, -0.1) is 0 Å². The lowest BCUT2D eigenvalue weighted by Crippen LogP contribution is -2.06. The van der Waals surface area contributed by atoms with Crippen molar-refractivity contribution in [2.24, 2.45) is 0 Å². The minimum Gasteiger partial charge on any atom is -0.478 e. The Morgan fingerprint density at radius 3 is 2.37 bits per heavy atom. The molecule has 4 heteroatoms. The van der Waals surface area contributed by atoms with Crippen molar-refractivity contribution in [3.63, 3.8) is 0 Å². The first-order valence-electron chi connectivity index (χ1n) is 5.82. The second kappa shape index (κ2) is 5.65. The molecule has 2 aromatic rings. The number of carboxylic acid groups (broad SMARTS) is 1. The fourth-order valence-corrected chi connectivity index (χ4v) is 1.89. The fourth-order valence-electron chi connectivity index (χ4n) is 1.89. The number of carboxylic acids is 1. The van der Waals surface area contributed by atoms with Crippen LogP contribution in [0.2, 0.25) is 0 Å². The van der Waals surface area contributed by atoms with Crippen molar-refractivity contribution in [2.45, 2.75) is 13.0 Å². The third kappa shape index (κ3) is 2.99. The summed E-state index contributed by atoms with van der Waals surface area (Å²) in [6, 6.07) is 13.8. The molecule has 0 heterocycles. The Hall–Kier alpha value is -2.17. The van der Waals surface area contributed by atoms with E-state index < -0.39 is 12.1 Å². The molecule has 2 aromatic carbocycles. The summed E-state index contributed by atoms with van der Waals surface area (Å²) in [6.45, 7) is 1.96. The predicted molar refractivity (Wildman–Crippen MR) is 70.1 cm³/mol. The van der Waals surface area contributed by atoms with Crippen LogP contribution in [0, 0.1) is 6.92 Å². The van der Waals surface area contributed by atoms with Gasteiger partial charge in [0.05, 0.1) is 5.56 Å². The molecule has 0 fully saturated rings. The number of hydrogen-bond acceptors (Lipinski definition) is 3. The highest BCUT2D eigenvalue weighted by atomic mass is 17.1. The van der Waals surface area contributed by atoms with E-state index in [0.717, 1.165) is 11.1 Å². The first-order chi connectivity index (χ1) is 9.11. The van der Waals surface area contributed by atoms with Crippen molar-refractivity contribution in [3.8, 4) is 0 Å². The number of aromatic carboxylic acids is 1. The van der Waals surface area contributed by atoms with Crippen LogP contribution in [-0.2, 0) is 4.89 Å². The average molecular weight is 258 g/mol. The maximum Gasteiger partial charge on any atom is 0.335 e. The van der Waals surface area contributed by atoms with Gasteiger partial charge >= 0.3 is 5.97 Å². The number of carbonyl (C=O) groups is 1. The summed E-state index contributed by atoms with van der Waals surface area (Å²) in [5, 5.41) is 18.1. The Bertz CT molecular complexity index is 575. The van der Waals surface area contributed by atoms with Gasteiger partial charge in [0.2, 0.25) is 0 Å². The lowest BCUT2D eigenvalue weighted by molar-refractivity contribution is -0.270. The Morgan fingerprint density at radius 2 is 1.79 bits per heavy atom. The summed E-state index contributed by atoms with van der Waals surface area (Å²) in [7, 11) is 0. The third-order valence-electron chi connectivity index (χ3n) is 2.92. The van der Waals surface area contributed by atoms with Crippen LogP contribution in [-0.4, -0.2) is 16.3 Å². The minimum atomic E-state index is -1.01. The van der Waals surface area contributed by atoms with Crippen molar-refractivity contribution >= 4 is 5.97 Å². The molecule has 2 N–H and O–H groups in total. The van der Waals surface area contributed by atoms with Crippen LogP contribution < -0.4 is 0 Å². The molecule has 0 aliphatic heterocycles. The molecular weight excluding hydrogens is 244 g/mol. The van der Waals surface area contributed by atoms with Gasteiger partial charge < -0.3 is 5.11 Å². The quantitative estimate of drug-likeness (QED) is 0.652. The normalized spacial score (nSPS) is 12.1. The smallest absolute Gasteiger partial charge is 0.335 e. The Morgan fingerprint density at radius 1 is 1.11 bits per heavy atom. The van der Waals surface area contributed by atoms with Crippen molar-refractivity contribution in [3.05, 3.63) is 70.8 Å². The van der Waals surface area contributed by atoms with Crippen LogP contribution in [0.1, 0.15) is 33.2 Å². The number of rotatable bonds is 4. The van der Waals surface area contributed by atoms with E-state index >= 15 is 0 Å². The minimum absolute atomic E-state index is 0.159. The molecule has 0 bridgehead atoms. The number of aryl methyl sites for hydroxylation is 1. The first kappa shape index (κ1) is 13.3. The Labute approximate surface area is 110 Å². The Balaban J connectivity index is 2.39. The van der Waals surface area contributed by atoms with Crippen LogP contribution >= 0.6 is 0 Å². The fraction of sp³-hybridized carbons (Fsp3) is 0.133. The van der Waals surface area contributed by atoms with Gasteiger partial charge in [0.25, 0.3) is 0 Å². The zero-order valence-corrected chi connectivity index (χ0v) is 10.4. The van der Waals surface area contributed by atoms with E-state index in [2.05, 4.69) is 4.89 Å². The van der Waals surface area contributed by atoms with Crippen molar-refractivity contribution < 1.29 is 20.0 Å². The first-order valence-corrected chi connectivity index (χ1v) is 5.82. The molecule has 0 aliphatic carbocycles. The molecule has 0 aromatic heterocycles. The maximum atomic E-state index is 10.9. The molecule has 1 atom stereocenters. The number of benzene rings is 2. The average Bonchev–Trinajstić information content (AvgIpc) is 2.42. The highest BCUT2D eigenvalue weighted by Crippen LogP contribution is 2.26. The highest BCUT2D eigenvalue weighted by molar-refractivity contribution is 5.87. The van der Waals surface area contributed by atoms with Crippen LogP contribution in [0.25, 0.3) is 0 Å². The largest absolute Gasteiger partial charge is 0.478 e. The summed E-state index contributed by atoms with van der Waals surface area (Å²) < 4.78 is 0. The van der Waals surface area contributed by atoms with Crippen molar-refractivity contribution in [2.75, 3.05) is 0 Å². The molecule has 1 unspecified atom stereocenters. The molecule has 0 radical (unpaired) electrons. The summed E-state index contributed by atoms with van der Waals surface area (Å²) in [4.78, 5) is 15.4. The van der Waals surface area contributed by atoms with Gasteiger partial charge in [-0.3, -0.25) is 5.26 Å². The van der Waals surface area contributed by atoms with E-state index in [4.69, 9.17) is 10.4 Å². The maximum absolute atomic E-state index is 10.9. The SMILES string of the molecule is Cc1ccc(C(OO)c2cccc(C(=O)O)c2)cc1. The van der Waals surface area contributed by atoms with Crippen LogP contribution in [0.15, 0.2) is 48.5 Å². The van der Waals surface area contributed by atoms with E-state index in [-0.39, 0.29) is 5.56 Å².